The second-order valence-corrected chi connectivity index (χ2v) is 7.17. The van der Waals surface area contributed by atoms with Crippen molar-refractivity contribution in [3.63, 3.8) is 0 Å². The molecule has 4 amide bonds. The van der Waals surface area contributed by atoms with Crippen molar-refractivity contribution in [3.8, 4) is 0 Å². The lowest BCUT2D eigenvalue weighted by atomic mass is 10.0. The molecule has 2 aliphatic rings. The van der Waals surface area contributed by atoms with Gasteiger partial charge in [-0.15, -0.1) is 0 Å². The predicted octanol–water partition coefficient (Wildman–Crippen LogP) is 0.569. The van der Waals surface area contributed by atoms with Crippen molar-refractivity contribution in [2.75, 3.05) is 52.0 Å². The zero-order chi connectivity index (χ0) is 22.2. The minimum atomic E-state index is -0.981. The molecule has 3 rings (SSSR count). The lowest BCUT2D eigenvalue weighted by Gasteiger charge is -2.27. The number of hydrogen-bond donors (Lipinski definition) is 2. The van der Waals surface area contributed by atoms with E-state index in [1.165, 1.54) is 0 Å². The molecule has 10 heteroatoms. The highest BCUT2D eigenvalue weighted by Gasteiger charge is 2.45. The Morgan fingerprint density at radius 1 is 1.03 bits per heavy atom. The lowest BCUT2D eigenvalue weighted by molar-refractivity contribution is -0.136. The summed E-state index contributed by atoms with van der Waals surface area (Å²) in [6.07, 6.45) is 1.04. The van der Waals surface area contributed by atoms with Gasteiger partial charge in [-0.3, -0.25) is 29.4 Å². The number of piperidine rings is 1. The Morgan fingerprint density at radius 2 is 1.81 bits per heavy atom. The van der Waals surface area contributed by atoms with E-state index in [0.717, 1.165) is 11.3 Å². The van der Waals surface area contributed by atoms with Gasteiger partial charge in [0.15, 0.2) is 0 Å². The average molecular weight is 433 g/mol. The Labute approximate surface area is 180 Å². The topological polar surface area (TPSA) is 123 Å². The fraction of sp³-hybridized carbons (Fsp3) is 0.524. The lowest BCUT2D eigenvalue weighted by Crippen LogP contribution is -2.54. The highest BCUT2D eigenvalue weighted by atomic mass is 16.5. The molecule has 0 radical (unpaired) electrons. The minimum Gasteiger partial charge on any atom is -0.385 e. The number of imide groups is 2. The predicted molar refractivity (Wildman–Crippen MR) is 110 cm³/mol. The highest BCUT2D eigenvalue weighted by molar-refractivity contribution is 6.25. The number of carbonyl (C=O) groups excluding carboxylic acids is 4. The number of rotatable bonds is 12. The van der Waals surface area contributed by atoms with Crippen molar-refractivity contribution in [1.29, 1.82) is 0 Å². The Balaban J connectivity index is 1.51. The first kappa shape index (κ1) is 22.9. The van der Waals surface area contributed by atoms with Gasteiger partial charge in [0.25, 0.3) is 11.8 Å². The Morgan fingerprint density at radius 3 is 2.55 bits per heavy atom. The third-order valence-electron chi connectivity index (χ3n) is 5.04. The maximum absolute atomic E-state index is 13.0. The van der Waals surface area contributed by atoms with E-state index in [1.807, 2.05) is 0 Å². The van der Waals surface area contributed by atoms with Crippen molar-refractivity contribution in [1.82, 2.24) is 10.2 Å². The summed E-state index contributed by atoms with van der Waals surface area (Å²) in [6, 6.07) is 3.96. The second kappa shape index (κ2) is 11.0. The summed E-state index contributed by atoms with van der Waals surface area (Å²) < 4.78 is 15.8. The molecule has 31 heavy (non-hydrogen) atoms. The fourth-order valence-corrected chi connectivity index (χ4v) is 3.55. The van der Waals surface area contributed by atoms with E-state index in [4.69, 9.17) is 14.2 Å². The van der Waals surface area contributed by atoms with Crippen LogP contribution in [0.2, 0.25) is 0 Å². The van der Waals surface area contributed by atoms with Gasteiger partial charge in [-0.1, -0.05) is 6.07 Å². The molecule has 2 aliphatic heterocycles. The number of amides is 4. The maximum Gasteiger partial charge on any atom is 0.264 e. The number of carbonyl (C=O) groups is 4. The number of anilines is 1. The summed E-state index contributed by atoms with van der Waals surface area (Å²) in [7, 11) is 1.65. The molecule has 1 saturated heterocycles. The van der Waals surface area contributed by atoms with Crippen molar-refractivity contribution in [3.05, 3.63) is 29.3 Å². The van der Waals surface area contributed by atoms with Crippen molar-refractivity contribution in [2.45, 2.75) is 25.3 Å². The van der Waals surface area contributed by atoms with Crippen LogP contribution in [0.1, 0.15) is 40.0 Å². The largest absolute Gasteiger partial charge is 0.385 e. The quantitative estimate of drug-likeness (QED) is 0.362. The molecule has 0 aromatic heterocycles. The van der Waals surface area contributed by atoms with Crippen LogP contribution in [0.3, 0.4) is 0 Å². The molecule has 1 aromatic rings. The summed E-state index contributed by atoms with van der Waals surface area (Å²) >= 11 is 0. The molecule has 0 bridgehead atoms. The van der Waals surface area contributed by atoms with E-state index in [0.29, 0.717) is 45.3 Å². The summed E-state index contributed by atoms with van der Waals surface area (Å²) in [5.74, 6) is -2.10. The van der Waals surface area contributed by atoms with Crippen LogP contribution in [0.5, 0.6) is 0 Å². The molecule has 1 aromatic carbocycles. The molecule has 168 valence electrons. The monoisotopic (exact) mass is 433 g/mol. The van der Waals surface area contributed by atoms with Gasteiger partial charge >= 0.3 is 0 Å². The van der Waals surface area contributed by atoms with Crippen molar-refractivity contribution >= 4 is 29.3 Å². The summed E-state index contributed by atoms with van der Waals surface area (Å²) in [5.41, 5.74) is 0.980. The van der Waals surface area contributed by atoms with E-state index >= 15 is 0 Å². The normalized spacial score (nSPS) is 18.4. The highest BCUT2D eigenvalue weighted by Crippen LogP contribution is 2.32. The van der Waals surface area contributed by atoms with Gasteiger partial charge in [0, 0.05) is 39.0 Å². The molecule has 1 atom stereocenters. The van der Waals surface area contributed by atoms with Crippen molar-refractivity contribution < 1.29 is 33.4 Å². The molecular weight excluding hydrogens is 406 g/mol. The van der Waals surface area contributed by atoms with Gasteiger partial charge in [0.2, 0.25) is 11.8 Å². The summed E-state index contributed by atoms with van der Waals surface area (Å²) in [4.78, 5) is 50.3. The number of ether oxygens (including phenoxy) is 3. The van der Waals surface area contributed by atoms with E-state index in [-0.39, 0.29) is 24.0 Å². The van der Waals surface area contributed by atoms with E-state index in [9.17, 15) is 19.2 Å². The standard InChI is InChI=1S/C21H27N3O7/c1-29-9-3-10-30-12-13-31-11-8-22-15-5-2-4-14-18(15)21(28)24(20(14)27)16-6-7-17(25)23-19(16)26/h2,4-5,16,22H,3,6-13H2,1H3,(H,23,25,26). The van der Waals surface area contributed by atoms with Crippen LogP contribution < -0.4 is 10.6 Å². The number of hydrogen-bond acceptors (Lipinski definition) is 8. The molecule has 0 saturated carbocycles. The molecule has 2 heterocycles. The minimum absolute atomic E-state index is 0.0857. The molecule has 0 spiro atoms. The van der Waals surface area contributed by atoms with Crippen LogP contribution in [-0.4, -0.2) is 81.3 Å². The number of methoxy groups -OCH3 is 1. The molecule has 2 N–H and O–H groups in total. The van der Waals surface area contributed by atoms with Crippen LogP contribution in [0.15, 0.2) is 18.2 Å². The smallest absolute Gasteiger partial charge is 0.264 e. The summed E-state index contributed by atoms with van der Waals surface area (Å²) in [5, 5.41) is 5.31. The van der Waals surface area contributed by atoms with Crippen LogP contribution in [0.25, 0.3) is 0 Å². The zero-order valence-corrected chi connectivity index (χ0v) is 17.5. The third-order valence-corrected chi connectivity index (χ3v) is 5.04. The van der Waals surface area contributed by atoms with Gasteiger partial charge in [-0.25, -0.2) is 0 Å². The Kier molecular flexibility index (Phi) is 8.10. The number of nitrogens with zero attached hydrogens (tertiary/aromatic N) is 1. The maximum atomic E-state index is 13.0. The molecule has 0 aliphatic carbocycles. The van der Waals surface area contributed by atoms with Gasteiger partial charge in [0.05, 0.1) is 30.9 Å². The molecule has 10 nitrogen and oxygen atoms in total. The van der Waals surface area contributed by atoms with Gasteiger partial charge in [-0.05, 0) is 25.0 Å². The van der Waals surface area contributed by atoms with Crippen molar-refractivity contribution in [2.24, 2.45) is 0 Å². The van der Waals surface area contributed by atoms with Crippen LogP contribution in [-0.2, 0) is 23.8 Å². The van der Waals surface area contributed by atoms with Gasteiger partial charge < -0.3 is 19.5 Å². The SMILES string of the molecule is COCCCOCCOCCNc1cccc2c1C(=O)N(C1CCC(=O)NC1=O)C2=O. The Hall–Kier alpha value is -2.82. The number of benzene rings is 1. The first-order valence-corrected chi connectivity index (χ1v) is 10.3. The zero-order valence-electron chi connectivity index (χ0n) is 17.5. The molecule has 1 fully saturated rings. The van der Waals surface area contributed by atoms with E-state index in [1.54, 1.807) is 25.3 Å². The van der Waals surface area contributed by atoms with Crippen LogP contribution >= 0.6 is 0 Å². The second-order valence-electron chi connectivity index (χ2n) is 7.17. The van der Waals surface area contributed by atoms with Crippen LogP contribution in [0, 0.1) is 0 Å². The fourth-order valence-electron chi connectivity index (χ4n) is 3.55. The van der Waals surface area contributed by atoms with Crippen LogP contribution in [0.4, 0.5) is 5.69 Å². The first-order chi connectivity index (χ1) is 15.0. The summed E-state index contributed by atoms with van der Waals surface area (Å²) in [6.45, 7) is 3.03. The number of nitrogens with one attached hydrogen (secondary N) is 2. The number of fused-ring (bicyclic) bond motifs is 1. The average Bonchev–Trinajstić information content (AvgIpc) is 3.01. The van der Waals surface area contributed by atoms with E-state index in [2.05, 4.69) is 10.6 Å². The van der Waals surface area contributed by atoms with E-state index < -0.39 is 29.7 Å². The Bertz CT molecular complexity index is 842. The first-order valence-electron chi connectivity index (χ1n) is 10.3. The molecule has 1 unspecified atom stereocenters. The third kappa shape index (κ3) is 5.46. The van der Waals surface area contributed by atoms with Gasteiger partial charge in [0.1, 0.15) is 6.04 Å². The molecular formula is C21H27N3O7. The van der Waals surface area contributed by atoms with Gasteiger partial charge in [-0.2, -0.15) is 0 Å².